The lowest BCUT2D eigenvalue weighted by molar-refractivity contribution is -0.151. The summed E-state index contributed by atoms with van der Waals surface area (Å²) >= 11 is 0. The van der Waals surface area contributed by atoms with E-state index in [9.17, 15) is 14.7 Å². The van der Waals surface area contributed by atoms with Crippen molar-refractivity contribution in [2.45, 2.75) is 52.1 Å². The fraction of sp³-hybridized carbons (Fsp3) is 0.579. The summed E-state index contributed by atoms with van der Waals surface area (Å²) in [6, 6.07) is 10.0. The summed E-state index contributed by atoms with van der Waals surface area (Å²) in [4.78, 5) is 26.4. The Morgan fingerprint density at radius 2 is 1.92 bits per heavy atom. The number of carboxylic acids is 1. The maximum atomic E-state index is 12.3. The lowest BCUT2D eigenvalue weighted by Crippen LogP contribution is -2.63. The number of aliphatic carboxylic acids is 1. The van der Waals surface area contributed by atoms with Crippen LogP contribution >= 0.6 is 0 Å². The van der Waals surface area contributed by atoms with Crippen LogP contribution in [0.1, 0.15) is 45.6 Å². The maximum Gasteiger partial charge on any atom is 0.330 e. The molecular weight excluding hydrogens is 304 g/mol. The third-order valence-electron chi connectivity index (χ3n) is 4.30. The number of piperidine rings is 1. The van der Waals surface area contributed by atoms with E-state index in [0.29, 0.717) is 25.9 Å². The third kappa shape index (κ3) is 5.06. The van der Waals surface area contributed by atoms with E-state index in [0.717, 1.165) is 18.5 Å². The Morgan fingerprint density at radius 1 is 1.25 bits per heavy atom. The van der Waals surface area contributed by atoms with Crippen molar-refractivity contribution >= 4 is 11.9 Å². The molecule has 1 aromatic rings. The molecule has 0 aromatic heterocycles. The van der Waals surface area contributed by atoms with Crippen LogP contribution < -0.4 is 5.32 Å². The molecule has 1 aliphatic rings. The van der Waals surface area contributed by atoms with Gasteiger partial charge in [-0.05, 0) is 30.4 Å². The first-order valence-corrected chi connectivity index (χ1v) is 8.51. The highest BCUT2D eigenvalue weighted by Crippen LogP contribution is 2.25. The summed E-state index contributed by atoms with van der Waals surface area (Å²) in [5, 5.41) is 12.6. The van der Waals surface area contributed by atoms with E-state index < -0.39 is 11.5 Å². The molecule has 132 valence electrons. The number of hydrogen-bond donors (Lipinski definition) is 2. The second kappa shape index (κ2) is 7.34. The van der Waals surface area contributed by atoms with Gasteiger partial charge in [-0.1, -0.05) is 51.1 Å². The highest BCUT2D eigenvalue weighted by molar-refractivity contribution is 5.87. The Labute approximate surface area is 144 Å². The smallest absolute Gasteiger partial charge is 0.330 e. The van der Waals surface area contributed by atoms with E-state index in [4.69, 9.17) is 0 Å². The first kappa shape index (κ1) is 18.5. The maximum absolute atomic E-state index is 12.3. The first-order chi connectivity index (χ1) is 11.2. The van der Waals surface area contributed by atoms with Crippen LogP contribution in [-0.4, -0.2) is 40.5 Å². The van der Waals surface area contributed by atoms with Crippen LogP contribution in [-0.2, 0) is 16.1 Å². The van der Waals surface area contributed by atoms with E-state index in [1.54, 1.807) is 0 Å². The number of nitrogens with zero attached hydrogens (tertiary/aromatic N) is 1. The summed E-state index contributed by atoms with van der Waals surface area (Å²) in [6.07, 6.45) is 1.55. The zero-order chi connectivity index (χ0) is 17.8. The van der Waals surface area contributed by atoms with Crippen LogP contribution in [0.2, 0.25) is 0 Å². The van der Waals surface area contributed by atoms with E-state index in [-0.39, 0.29) is 11.3 Å². The summed E-state index contributed by atoms with van der Waals surface area (Å²) in [5.41, 5.74) is -0.197. The van der Waals surface area contributed by atoms with Crippen LogP contribution in [0.15, 0.2) is 30.3 Å². The van der Waals surface area contributed by atoms with Crippen LogP contribution in [0.25, 0.3) is 0 Å². The van der Waals surface area contributed by atoms with Crippen LogP contribution in [0, 0.1) is 5.41 Å². The van der Waals surface area contributed by atoms with Gasteiger partial charge in [-0.25, -0.2) is 4.79 Å². The molecule has 24 heavy (non-hydrogen) atoms. The average molecular weight is 332 g/mol. The number of nitrogens with one attached hydrogen (secondary N) is 1. The Morgan fingerprint density at radius 3 is 2.50 bits per heavy atom. The number of carbonyl (C=O) groups is 2. The monoisotopic (exact) mass is 332 g/mol. The molecule has 5 heteroatoms. The fourth-order valence-electron chi connectivity index (χ4n) is 3.24. The van der Waals surface area contributed by atoms with Crippen molar-refractivity contribution in [1.29, 1.82) is 0 Å². The number of amides is 1. The van der Waals surface area contributed by atoms with Crippen molar-refractivity contribution in [2.75, 3.05) is 13.1 Å². The van der Waals surface area contributed by atoms with Crippen molar-refractivity contribution in [3.63, 3.8) is 0 Å². The van der Waals surface area contributed by atoms with Gasteiger partial charge < -0.3 is 10.4 Å². The van der Waals surface area contributed by atoms with E-state index >= 15 is 0 Å². The van der Waals surface area contributed by atoms with E-state index in [1.165, 1.54) is 0 Å². The Hall–Kier alpha value is -1.88. The molecule has 1 unspecified atom stereocenters. The molecule has 1 fully saturated rings. The van der Waals surface area contributed by atoms with Gasteiger partial charge in [0.2, 0.25) is 5.91 Å². The van der Waals surface area contributed by atoms with Crippen molar-refractivity contribution in [3.05, 3.63) is 35.9 Å². The molecule has 1 atom stereocenters. The van der Waals surface area contributed by atoms with Gasteiger partial charge in [0.05, 0.1) is 0 Å². The zero-order valence-electron chi connectivity index (χ0n) is 14.8. The molecule has 1 heterocycles. The number of carboxylic acid groups (broad SMARTS) is 1. The normalized spacial score (nSPS) is 22.1. The van der Waals surface area contributed by atoms with Crippen molar-refractivity contribution < 1.29 is 14.7 Å². The molecule has 2 rings (SSSR count). The molecule has 0 radical (unpaired) electrons. The molecule has 0 aliphatic carbocycles. The summed E-state index contributed by atoms with van der Waals surface area (Å²) in [7, 11) is 0. The van der Waals surface area contributed by atoms with Gasteiger partial charge in [-0.2, -0.15) is 0 Å². The molecule has 5 nitrogen and oxygen atoms in total. The molecule has 0 spiro atoms. The van der Waals surface area contributed by atoms with Gasteiger partial charge in [0.25, 0.3) is 0 Å². The minimum Gasteiger partial charge on any atom is -0.479 e. The highest BCUT2D eigenvalue weighted by Gasteiger charge is 2.44. The molecule has 1 saturated heterocycles. The number of rotatable bonds is 5. The second-order valence-electron chi connectivity index (χ2n) is 7.97. The standard InChI is InChI=1S/C19H28N2O3/c1-18(2,3)12-16(22)20-19(17(23)24)10-7-11-21(14-19)13-15-8-5-4-6-9-15/h4-6,8-9H,7,10-14H2,1-3H3,(H,20,22)(H,23,24). The SMILES string of the molecule is CC(C)(C)CC(=O)NC1(C(=O)O)CCCN(Cc2ccccc2)C1. The number of carbonyl (C=O) groups excluding carboxylic acids is 1. The third-order valence-corrected chi connectivity index (χ3v) is 4.30. The molecule has 0 saturated carbocycles. The summed E-state index contributed by atoms with van der Waals surface area (Å²) in [5.74, 6) is -1.13. The van der Waals surface area contributed by atoms with E-state index in [2.05, 4.69) is 10.2 Å². The number of hydrogen-bond acceptors (Lipinski definition) is 3. The van der Waals surface area contributed by atoms with E-state index in [1.807, 2.05) is 51.1 Å². The van der Waals surface area contributed by atoms with Gasteiger partial charge >= 0.3 is 5.97 Å². The molecular formula is C19H28N2O3. The molecule has 0 bridgehead atoms. The van der Waals surface area contributed by atoms with Crippen molar-refractivity contribution in [3.8, 4) is 0 Å². The minimum absolute atomic E-state index is 0.165. The molecule has 1 amide bonds. The van der Waals surface area contributed by atoms with Gasteiger partial charge in [0.1, 0.15) is 0 Å². The van der Waals surface area contributed by atoms with Crippen molar-refractivity contribution in [2.24, 2.45) is 5.41 Å². The lowest BCUT2D eigenvalue weighted by Gasteiger charge is -2.40. The highest BCUT2D eigenvalue weighted by atomic mass is 16.4. The summed E-state index contributed by atoms with van der Waals surface area (Å²) < 4.78 is 0. The quantitative estimate of drug-likeness (QED) is 0.870. The van der Waals surface area contributed by atoms with Crippen molar-refractivity contribution in [1.82, 2.24) is 10.2 Å². The molecule has 2 N–H and O–H groups in total. The number of likely N-dealkylation sites (tertiary alicyclic amines) is 1. The largest absolute Gasteiger partial charge is 0.479 e. The van der Waals surface area contributed by atoms with Crippen LogP contribution in [0.3, 0.4) is 0 Å². The molecule has 1 aliphatic heterocycles. The Kier molecular flexibility index (Phi) is 5.65. The second-order valence-corrected chi connectivity index (χ2v) is 7.97. The van der Waals surface area contributed by atoms with Crippen LogP contribution in [0.4, 0.5) is 0 Å². The average Bonchev–Trinajstić information content (AvgIpc) is 2.46. The topological polar surface area (TPSA) is 69.6 Å². The van der Waals surface area contributed by atoms with Gasteiger partial charge in [-0.15, -0.1) is 0 Å². The first-order valence-electron chi connectivity index (χ1n) is 8.51. The molecule has 1 aromatic carbocycles. The van der Waals surface area contributed by atoms with Gasteiger partial charge in [-0.3, -0.25) is 9.69 Å². The van der Waals surface area contributed by atoms with Gasteiger partial charge in [0, 0.05) is 19.5 Å². The Balaban J connectivity index is 2.08. The number of benzene rings is 1. The fourth-order valence-corrected chi connectivity index (χ4v) is 3.24. The predicted molar refractivity (Wildman–Crippen MR) is 93.5 cm³/mol. The summed E-state index contributed by atoms with van der Waals surface area (Å²) in [6.45, 7) is 7.81. The predicted octanol–water partition coefficient (Wildman–Crippen LogP) is 2.66. The minimum atomic E-state index is -1.19. The zero-order valence-corrected chi connectivity index (χ0v) is 14.8. The van der Waals surface area contributed by atoms with Crippen LogP contribution in [0.5, 0.6) is 0 Å². The van der Waals surface area contributed by atoms with Gasteiger partial charge in [0.15, 0.2) is 5.54 Å². The Bertz CT molecular complexity index is 580. The lowest BCUT2D eigenvalue weighted by atomic mass is 9.86.